The van der Waals surface area contributed by atoms with Gasteiger partial charge in [-0.15, -0.1) is 11.3 Å². The lowest BCUT2D eigenvalue weighted by atomic mass is 10.0. The Bertz CT molecular complexity index is 702. The molecular formula is C18H18FNS. The van der Waals surface area contributed by atoms with Gasteiger partial charge >= 0.3 is 0 Å². The van der Waals surface area contributed by atoms with Crippen LogP contribution >= 0.6 is 11.3 Å². The quantitative estimate of drug-likeness (QED) is 0.688. The van der Waals surface area contributed by atoms with Gasteiger partial charge in [0, 0.05) is 9.58 Å². The molecule has 0 saturated carbocycles. The SMILES string of the molecule is CCCNC(c1cccc(F)c1)c1cc2ccccc2s1. The average Bonchev–Trinajstić information content (AvgIpc) is 2.91. The Balaban J connectivity index is 2.02. The Hall–Kier alpha value is -1.71. The van der Waals surface area contributed by atoms with E-state index >= 15 is 0 Å². The van der Waals surface area contributed by atoms with E-state index in [9.17, 15) is 4.39 Å². The van der Waals surface area contributed by atoms with Crippen molar-refractivity contribution in [2.45, 2.75) is 19.4 Å². The van der Waals surface area contributed by atoms with Crippen LogP contribution in [-0.4, -0.2) is 6.54 Å². The van der Waals surface area contributed by atoms with Crippen LogP contribution in [-0.2, 0) is 0 Å². The summed E-state index contributed by atoms with van der Waals surface area (Å²) in [6, 6.07) is 17.5. The number of nitrogens with one attached hydrogen (secondary N) is 1. The second-order valence-corrected chi connectivity index (χ2v) is 6.24. The highest BCUT2D eigenvalue weighted by Gasteiger charge is 2.16. The van der Waals surface area contributed by atoms with Crippen molar-refractivity contribution >= 4 is 21.4 Å². The third kappa shape index (κ3) is 3.14. The van der Waals surface area contributed by atoms with Crippen LogP contribution < -0.4 is 5.32 Å². The van der Waals surface area contributed by atoms with Crippen LogP contribution in [0.15, 0.2) is 54.6 Å². The van der Waals surface area contributed by atoms with Crippen LogP contribution in [0.1, 0.15) is 29.8 Å². The molecule has 0 spiro atoms. The Kier molecular flexibility index (Phi) is 4.32. The van der Waals surface area contributed by atoms with Crippen LogP contribution in [0, 0.1) is 5.82 Å². The van der Waals surface area contributed by atoms with Gasteiger partial charge in [0.25, 0.3) is 0 Å². The largest absolute Gasteiger partial charge is 0.306 e. The number of hydrogen-bond acceptors (Lipinski definition) is 2. The van der Waals surface area contributed by atoms with Crippen molar-refractivity contribution in [3.63, 3.8) is 0 Å². The zero-order valence-corrected chi connectivity index (χ0v) is 12.8. The number of hydrogen-bond donors (Lipinski definition) is 1. The van der Waals surface area contributed by atoms with Gasteiger partial charge in [0.05, 0.1) is 6.04 Å². The fraction of sp³-hybridized carbons (Fsp3) is 0.222. The minimum atomic E-state index is -0.183. The fourth-order valence-electron chi connectivity index (χ4n) is 2.50. The van der Waals surface area contributed by atoms with E-state index in [1.165, 1.54) is 21.0 Å². The Morgan fingerprint density at radius 3 is 2.71 bits per heavy atom. The van der Waals surface area contributed by atoms with Gasteiger partial charge < -0.3 is 5.32 Å². The summed E-state index contributed by atoms with van der Waals surface area (Å²) in [7, 11) is 0. The third-order valence-electron chi connectivity index (χ3n) is 3.51. The molecule has 0 aliphatic heterocycles. The molecule has 0 fully saturated rings. The first-order valence-electron chi connectivity index (χ1n) is 7.25. The van der Waals surface area contributed by atoms with Gasteiger partial charge in [0.2, 0.25) is 0 Å². The molecule has 3 aromatic rings. The number of fused-ring (bicyclic) bond motifs is 1. The molecule has 1 unspecified atom stereocenters. The molecule has 0 amide bonds. The highest BCUT2D eigenvalue weighted by Crippen LogP contribution is 2.33. The van der Waals surface area contributed by atoms with Gasteiger partial charge in [-0.05, 0) is 48.2 Å². The predicted octanol–water partition coefficient (Wildman–Crippen LogP) is 5.13. The summed E-state index contributed by atoms with van der Waals surface area (Å²) in [6.07, 6.45) is 1.05. The van der Waals surface area contributed by atoms with Crippen LogP contribution in [0.25, 0.3) is 10.1 Å². The van der Waals surface area contributed by atoms with Crippen molar-refractivity contribution in [1.82, 2.24) is 5.32 Å². The van der Waals surface area contributed by atoms with Gasteiger partial charge in [-0.1, -0.05) is 37.3 Å². The summed E-state index contributed by atoms with van der Waals surface area (Å²) in [5, 5.41) is 4.78. The van der Waals surface area contributed by atoms with E-state index in [-0.39, 0.29) is 11.9 Å². The number of rotatable bonds is 5. The molecule has 1 aromatic heterocycles. The first-order valence-corrected chi connectivity index (χ1v) is 8.07. The normalized spacial score (nSPS) is 12.7. The van der Waals surface area contributed by atoms with Crippen molar-refractivity contribution in [2.24, 2.45) is 0 Å². The molecule has 1 heterocycles. The highest BCUT2D eigenvalue weighted by atomic mass is 32.1. The second-order valence-electron chi connectivity index (χ2n) is 5.13. The standard InChI is InChI=1S/C18H18FNS/c1-2-10-20-18(14-7-5-8-15(19)11-14)17-12-13-6-3-4-9-16(13)21-17/h3-9,11-12,18,20H,2,10H2,1H3. The van der Waals surface area contributed by atoms with E-state index in [2.05, 4.69) is 42.6 Å². The fourth-order valence-corrected chi connectivity index (χ4v) is 3.67. The van der Waals surface area contributed by atoms with Gasteiger partial charge in [-0.2, -0.15) is 0 Å². The lowest BCUT2D eigenvalue weighted by Crippen LogP contribution is -2.22. The molecule has 2 aromatic carbocycles. The van der Waals surface area contributed by atoms with E-state index in [1.54, 1.807) is 23.5 Å². The lowest BCUT2D eigenvalue weighted by molar-refractivity contribution is 0.591. The predicted molar refractivity (Wildman–Crippen MR) is 88.4 cm³/mol. The molecule has 3 heteroatoms. The molecule has 0 saturated heterocycles. The topological polar surface area (TPSA) is 12.0 Å². The summed E-state index contributed by atoms with van der Waals surface area (Å²) in [6.45, 7) is 3.05. The van der Waals surface area contributed by atoms with Crippen LogP contribution in [0.4, 0.5) is 4.39 Å². The molecule has 0 aliphatic rings. The molecule has 0 bridgehead atoms. The number of halogens is 1. The molecule has 1 atom stereocenters. The Morgan fingerprint density at radius 2 is 1.95 bits per heavy atom. The van der Waals surface area contributed by atoms with E-state index in [0.717, 1.165) is 18.5 Å². The van der Waals surface area contributed by atoms with E-state index in [1.807, 2.05) is 6.07 Å². The summed E-state index contributed by atoms with van der Waals surface area (Å²) >= 11 is 1.77. The van der Waals surface area contributed by atoms with Crippen molar-refractivity contribution in [1.29, 1.82) is 0 Å². The average molecular weight is 299 g/mol. The van der Waals surface area contributed by atoms with E-state index in [4.69, 9.17) is 0 Å². The molecule has 108 valence electrons. The van der Waals surface area contributed by atoms with Crippen molar-refractivity contribution in [2.75, 3.05) is 6.54 Å². The van der Waals surface area contributed by atoms with Gasteiger partial charge in [-0.3, -0.25) is 0 Å². The first-order chi connectivity index (χ1) is 10.3. The molecular weight excluding hydrogens is 281 g/mol. The molecule has 1 nitrogen and oxygen atoms in total. The summed E-state index contributed by atoms with van der Waals surface area (Å²) < 4.78 is 14.8. The lowest BCUT2D eigenvalue weighted by Gasteiger charge is -2.17. The number of thiophene rings is 1. The monoisotopic (exact) mass is 299 g/mol. The van der Waals surface area contributed by atoms with Crippen LogP contribution in [0.3, 0.4) is 0 Å². The maximum Gasteiger partial charge on any atom is 0.123 e. The molecule has 1 N–H and O–H groups in total. The van der Waals surface area contributed by atoms with Crippen LogP contribution in [0.2, 0.25) is 0 Å². The van der Waals surface area contributed by atoms with E-state index in [0.29, 0.717) is 0 Å². The maximum absolute atomic E-state index is 13.5. The zero-order valence-electron chi connectivity index (χ0n) is 12.0. The highest BCUT2D eigenvalue weighted by molar-refractivity contribution is 7.19. The third-order valence-corrected chi connectivity index (χ3v) is 4.69. The minimum Gasteiger partial charge on any atom is -0.306 e. The van der Waals surface area contributed by atoms with Crippen LogP contribution in [0.5, 0.6) is 0 Å². The maximum atomic E-state index is 13.5. The Labute approximate surface area is 128 Å². The zero-order chi connectivity index (χ0) is 14.7. The molecule has 0 aliphatic carbocycles. The summed E-state index contributed by atoms with van der Waals surface area (Å²) in [5.41, 5.74) is 0.981. The first kappa shape index (κ1) is 14.2. The van der Waals surface area contributed by atoms with E-state index < -0.39 is 0 Å². The van der Waals surface area contributed by atoms with Gasteiger partial charge in [0.15, 0.2) is 0 Å². The molecule has 3 rings (SSSR count). The second kappa shape index (κ2) is 6.37. The summed E-state index contributed by atoms with van der Waals surface area (Å²) in [4.78, 5) is 1.23. The minimum absolute atomic E-state index is 0.0537. The van der Waals surface area contributed by atoms with Crippen molar-refractivity contribution in [3.8, 4) is 0 Å². The van der Waals surface area contributed by atoms with Crippen molar-refractivity contribution < 1.29 is 4.39 Å². The van der Waals surface area contributed by atoms with Gasteiger partial charge in [-0.25, -0.2) is 4.39 Å². The van der Waals surface area contributed by atoms with Crippen molar-refractivity contribution in [3.05, 3.63) is 70.9 Å². The molecule has 21 heavy (non-hydrogen) atoms. The summed E-state index contributed by atoms with van der Waals surface area (Å²) in [5.74, 6) is -0.183. The van der Waals surface area contributed by atoms with Gasteiger partial charge in [0.1, 0.15) is 5.82 Å². The smallest absolute Gasteiger partial charge is 0.123 e. The number of benzene rings is 2. The Morgan fingerprint density at radius 1 is 1.10 bits per heavy atom. The molecule has 0 radical (unpaired) electrons.